The first-order valence-corrected chi connectivity index (χ1v) is 5.66. The van der Waals surface area contributed by atoms with Crippen LogP contribution in [0.3, 0.4) is 0 Å². The van der Waals surface area contributed by atoms with E-state index in [1.807, 2.05) is 0 Å². The smallest absolute Gasteiger partial charge is 0.0870 e. The average molecular weight is 216 g/mol. The molecule has 0 amide bonds. The highest BCUT2D eigenvalue weighted by Gasteiger charge is 2.22. The van der Waals surface area contributed by atoms with Gasteiger partial charge in [-0.25, -0.2) is 0 Å². The van der Waals surface area contributed by atoms with Crippen LogP contribution in [0.4, 0.5) is 0 Å². The van der Waals surface area contributed by atoms with Gasteiger partial charge in [0.2, 0.25) is 0 Å². The summed E-state index contributed by atoms with van der Waals surface area (Å²) in [6.45, 7) is 2.45. The summed E-state index contributed by atoms with van der Waals surface area (Å²) in [5, 5.41) is 0. The molecular weight excluding hydrogens is 196 g/mol. The van der Waals surface area contributed by atoms with Crippen LogP contribution in [-0.4, -0.2) is 42.7 Å². The van der Waals surface area contributed by atoms with Crippen molar-refractivity contribution >= 4 is 17.2 Å². The molecule has 0 heterocycles. The second kappa shape index (κ2) is 6.32. The molecule has 0 aromatic heterocycles. The molecule has 82 valence electrons. The highest BCUT2D eigenvalue weighted by molar-refractivity contribution is 7.80. The van der Waals surface area contributed by atoms with E-state index in [1.54, 1.807) is 7.11 Å². The zero-order chi connectivity index (χ0) is 10.4. The molecule has 0 spiro atoms. The summed E-state index contributed by atoms with van der Waals surface area (Å²) >= 11 is 4.95. The lowest BCUT2D eigenvalue weighted by Gasteiger charge is -2.27. The zero-order valence-electron chi connectivity index (χ0n) is 8.87. The van der Waals surface area contributed by atoms with Crippen LogP contribution < -0.4 is 5.73 Å². The van der Waals surface area contributed by atoms with Crippen molar-refractivity contribution < 1.29 is 4.74 Å². The maximum absolute atomic E-state index is 5.58. The van der Waals surface area contributed by atoms with E-state index >= 15 is 0 Å². The van der Waals surface area contributed by atoms with E-state index in [2.05, 4.69) is 4.90 Å². The summed E-state index contributed by atoms with van der Waals surface area (Å²) < 4.78 is 5.09. The maximum Gasteiger partial charge on any atom is 0.0870 e. The molecule has 0 radical (unpaired) electrons. The minimum Gasteiger partial charge on any atom is -0.392 e. The van der Waals surface area contributed by atoms with E-state index in [4.69, 9.17) is 22.7 Å². The van der Waals surface area contributed by atoms with E-state index in [1.165, 1.54) is 25.7 Å². The van der Waals surface area contributed by atoms with Crippen molar-refractivity contribution in [3.05, 3.63) is 0 Å². The lowest BCUT2D eigenvalue weighted by molar-refractivity contribution is 0.132. The molecule has 2 N–H and O–H groups in total. The fraction of sp³-hybridized carbons (Fsp3) is 0.900. The lowest BCUT2D eigenvalue weighted by Crippen LogP contribution is -2.41. The summed E-state index contributed by atoms with van der Waals surface area (Å²) in [4.78, 5) is 2.95. The first-order chi connectivity index (χ1) is 6.74. The summed E-state index contributed by atoms with van der Waals surface area (Å²) in [6, 6.07) is 0.673. The molecule has 0 saturated heterocycles. The summed E-state index contributed by atoms with van der Waals surface area (Å²) in [7, 11) is 1.73. The van der Waals surface area contributed by atoms with Crippen molar-refractivity contribution in [2.45, 2.75) is 31.7 Å². The van der Waals surface area contributed by atoms with E-state index < -0.39 is 0 Å². The number of ether oxygens (including phenoxy) is 1. The van der Waals surface area contributed by atoms with Crippen LogP contribution in [0.25, 0.3) is 0 Å². The SMILES string of the molecule is COCCN(CC(N)=S)C1CCCC1. The van der Waals surface area contributed by atoms with Gasteiger partial charge in [0.05, 0.1) is 11.6 Å². The Morgan fingerprint density at radius 1 is 1.50 bits per heavy atom. The zero-order valence-corrected chi connectivity index (χ0v) is 9.68. The molecule has 1 aliphatic carbocycles. The molecule has 0 aliphatic heterocycles. The molecule has 1 saturated carbocycles. The summed E-state index contributed by atoms with van der Waals surface area (Å²) in [6.07, 6.45) is 5.25. The van der Waals surface area contributed by atoms with Crippen molar-refractivity contribution in [1.82, 2.24) is 4.90 Å². The fourth-order valence-corrected chi connectivity index (χ4v) is 2.23. The standard InChI is InChI=1S/C10H20N2OS/c1-13-7-6-12(8-10(11)14)9-4-2-3-5-9/h9H,2-8H2,1H3,(H2,11,14). The molecule has 0 aromatic rings. The predicted molar refractivity (Wildman–Crippen MR) is 62.5 cm³/mol. The van der Waals surface area contributed by atoms with E-state index in [0.29, 0.717) is 11.0 Å². The van der Waals surface area contributed by atoms with Gasteiger partial charge in [-0.2, -0.15) is 0 Å². The van der Waals surface area contributed by atoms with Crippen molar-refractivity contribution in [1.29, 1.82) is 0 Å². The minimum atomic E-state index is 0.591. The van der Waals surface area contributed by atoms with E-state index in [9.17, 15) is 0 Å². The monoisotopic (exact) mass is 216 g/mol. The lowest BCUT2D eigenvalue weighted by atomic mass is 10.2. The van der Waals surface area contributed by atoms with Crippen LogP contribution in [-0.2, 0) is 4.74 Å². The number of nitrogens with two attached hydrogens (primary N) is 1. The number of methoxy groups -OCH3 is 1. The van der Waals surface area contributed by atoms with Gasteiger partial charge in [0.25, 0.3) is 0 Å². The Kier molecular flexibility index (Phi) is 5.37. The average Bonchev–Trinajstić information content (AvgIpc) is 2.64. The highest BCUT2D eigenvalue weighted by atomic mass is 32.1. The number of hydrogen-bond acceptors (Lipinski definition) is 3. The van der Waals surface area contributed by atoms with Gasteiger partial charge in [-0.1, -0.05) is 25.1 Å². The van der Waals surface area contributed by atoms with E-state index in [0.717, 1.165) is 19.7 Å². The molecular formula is C10H20N2OS. The Balaban J connectivity index is 2.37. The normalized spacial score (nSPS) is 17.9. The van der Waals surface area contributed by atoms with Gasteiger partial charge < -0.3 is 10.5 Å². The second-order valence-electron chi connectivity index (χ2n) is 3.87. The quantitative estimate of drug-likeness (QED) is 0.676. The van der Waals surface area contributed by atoms with Crippen molar-refractivity contribution in [3.8, 4) is 0 Å². The molecule has 0 unspecified atom stereocenters. The first kappa shape index (κ1) is 11.9. The maximum atomic E-state index is 5.58. The Morgan fingerprint density at radius 2 is 2.14 bits per heavy atom. The van der Waals surface area contributed by atoms with Crippen LogP contribution in [0.5, 0.6) is 0 Å². The molecule has 0 atom stereocenters. The van der Waals surface area contributed by atoms with Gasteiger partial charge in [0.1, 0.15) is 0 Å². The molecule has 0 aromatic carbocycles. The third kappa shape index (κ3) is 3.90. The molecule has 1 fully saturated rings. The van der Waals surface area contributed by atoms with Crippen LogP contribution >= 0.6 is 12.2 Å². The van der Waals surface area contributed by atoms with Gasteiger partial charge in [0, 0.05) is 26.2 Å². The predicted octanol–water partition coefficient (Wildman–Crippen LogP) is 1.16. The fourth-order valence-electron chi connectivity index (χ4n) is 2.07. The Labute approximate surface area is 91.6 Å². The van der Waals surface area contributed by atoms with Crippen LogP contribution in [0.2, 0.25) is 0 Å². The van der Waals surface area contributed by atoms with Crippen molar-refractivity contribution in [2.75, 3.05) is 26.8 Å². The number of nitrogens with zero attached hydrogens (tertiary/aromatic N) is 1. The molecule has 14 heavy (non-hydrogen) atoms. The highest BCUT2D eigenvalue weighted by Crippen LogP contribution is 2.22. The molecule has 0 bridgehead atoms. The van der Waals surface area contributed by atoms with Gasteiger partial charge in [-0.05, 0) is 12.8 Å². The van der Waals surface area contributed by atoms with Gasteiger partial charge in [-0.3, -0.25) is 4.90 Å². The van der Waals surface area contributed by atoms with Crippen molar-refractivity contribution in [2.24, 2.45) is 5.73 Å². The topological polar surface area (TPSA) is 38.5 Å². The van der Waals surface area contributed by atoms with Gasteiger partial charge in [0.15, 0.2) is 0 Å². The minimum absolute atomic E-state index is 0.591. The molecule has 1 rings (SSSR count). The second-order valence-corrected chi connectivity index (χ2v) is 4.39. The van der Waals surface area contributed by atoms with Crippen LogP contribution in [0.1, 0.15) is 25.7 Å². The number of rotatable bonds is 6. The Bertz CT molecular complexity index is 181. The third-order valence-electron chi connectivity index (χ3n) is 2.78. The summed E-state index contributed by atoms with van der Waals surface area (Å²) in [5.41, 5.74) is 5.58. The largest absolute Gasteiger partial charge is 0.392 e. The Morgan fingerprint density at radius 3 is 2.64 bits per heavy atom. The molecule has 3 nitrogen and oxygen atoms in total. The third-order valence-corrected chi connectivity index (χ3v) is 2.91. The Hall–Kier alpha value is -0.190. The van der Waals surface area contributed by atoms with Crippen LogP contribution in [0, 0.1) is 0 Å². The van der Waals surface area contributed by atoms with Gasteiger partial charge >= 0.3 is 0 Å². The van der Waals surface area contributed by atoms with Crippen molar-refractivity contribution in [3.63, 3.8) is 0 Å². The summed E-state index contributed by atoms with van der Waals surface area (Å²) in [5.74, 6) is 0. The molecule has 4 heteroatoms. The van der Waals surface area contributed by atoms with Gasteiger partial charge in [-0.15, -0.1) is 0 Å². The van der Waals surface area contributed by atoms with Crippen LogP contribution in [0.15, 0.2) is 0 Å². The van der Waals surface area contributed by atoms with E-state index in [-0.39, 0.29) is 0 Å². The number of hydrogen-bond donors (Lipinski definition) is 1. The number of thiocarbonyl (C=S) groups is 1. The first-order valence-electron chi connectivity index (χ1n) is 5.25. The molecule has 1 aliphatic rings.